The summed E-state index contributed by atoms with van der Waals surface area (Å²) in [4.78, 5) is 10.9. The van der Waals surface area contributed by atoms with Crippen LogP contribution in [0.4, 0.5) is 5.69 Å². The van der Waals surface area contributed by atoms with E-state index in [1.807, 2.05) is 0 Å². The molecule has 16 heavy (non-hydrogen) atoms. The first-order valence-electron chi connectivity index (χ1n) is 4.27. The quantitative estimate of drug-likeness (QED) is 0.646. The largest absolute Gasteiger partial charge is 0.468 e. The van der Waals surface area contributed by atoms with E-state index in [0.29, 0.717) is 0 Å². The Morgan fingerprint density at radius 3 is 2.88 bits per heavy atom. The van der Waals surface area contributed by atoms with Gasteiger partial charge in [0.1, 0.15) is 6.54 Å². The first-order valence-corrected chi connectivity index (χ1v) is 5.75. The second-order valence-corrected chi connectivity index (χ2v) is 4.43. The lowest BCUT2D eigenvalue weighted by atomic mass is 10.6. The van der Waals surface area contributed by atoms with Crippen LogP contribution in [-0.2, 0) is 26.3 Å². The molecule has 1 heterocycles. The number of hydrogen-bond donors (Lipinski definition) is 2. The third-order valence-electron chi connectivity index (χ3n) is 1.67. The second-order valence-electron chi connectivity index (χ2n) is 2.81. The Morgan fingerprint density at radius 2 is 2.31 bits per heavy atom. The van der Waals surface area contributed by atoms with Crippen LogP contribution >= 0.6 is 0 Å². The normalized spacial score (nSPS) is 11.1. The molecule has 1 rings (SSSR count). The maximum absolute atomic E-state index is 11.1. The summed E-state index contributed by atoms with van der Waals surface area (Å²) in [5.74, 6) is -0.467. The number of esters is 1. The number of ether oxygens (including phenoxy) is 1. The van der Waals surface area contributed by atoms with Crippen molar-refractivity contribution in [2.75, 3.05) is 18.9 Å². The van der Waals surface area contributed by atoms with E-state index in [-0.39, 0.29) is 12.2 Å². The van der Waals surface area contributed by atoms with Gasteiger partial charge in [0.25, 0.3) is 10.2 Å². The minimum Gasteiger partial charge on any atom is -0.468 e. The van der Waals surface area contributed by atoms with E-state index in [0.717, 1.165) is 0 Å². The summed E-state index contributed by atoms with van der Waals surface area (Å²) in [5, 5.41) is 3.78. The third kappa shape index (κ3) is 3.51. The molecular weight excluding hydrogens is 236 g/mol. The fraction of sp³-hybridized carbons (Fsp3) is 0.429. The van der Waals surface area contributed by atoms with Gasteiger partial charge in [-0.3, -0.25) is 14.2 Å². The summed E-state index contributed by atoms with van der Waals surface area (Å²) in [6.07, 6.45) is 2.67. The Hall–Kier alpha value is -1.61. The molecule has 2 N–H and O–H groups in total. The first kappa shape index (κ1) is 12.5. The lowest BCUT2D eigenvalue weighted by Gasteiger charge is -2.02. The fourth-order valence-electron chi connectivity index (χ4n) is 0.906. The fourth-order valence-corrected chi connectivity index (χ4v) is 1.42. The summed E-state index contributed by atoms with van der Waals surface area (Å²) < 4.78 is 32.2. The number of methoxy groups -OCH3 is 1. The predicted octanol–water partition coefficient (Wildman–Crippen LogP) is -1.07. The first-order chi connectivity index (χ1) is 7.46. The second kappa shape index (κ2) is 4.94. The number of rotatable bonds is 5. The lowest BCUT2D eigenvalue weighted by Crippen LogP contribution is -2.26. The summed E-state index contributed by atoms with van der Waals surface area (Å²) >= 11 is 0. The average molecular weight is 248 g/mol. The molecule has 1 aromatic heterocycles. The van der Waals surface area contributed by atoms with Gasteiger partial charge in [-0.25, -0.2) is 4.72 Å². The highest BCUT2D eigenvalue weighted by Crippen LogP contribution is 2.06. The van der Waals surface area contributed by atoms with Crippen LogP contribution in [0.2, 0.25) is 0 Å². The molecular formula is C7H12N4O4S. The van der Waals surface area contributed by atoms with Gasteiger partial charge >= 0.3 is 5.97 Å². The highest BCUT2D eigenvalue weighted by Gasteiger charge is 2.09. The third-order valence-corrected chi connectivity index (χ3v) is 2.71. The molecule has 0 saturated heterocycles. The van der Waals surface area contributed by atoms with E-state index in [1.165, 1.54) is 31.2 Å². The molecule has 0 bridgehead atoms. The molecule has 0 aliphatic heterocycles. The molecule has 0 saturated carbocycles. The Kier molecular flexibility index (Phi) is 3.85. The standard InChI is InChI=1S/C7H12N4O4S/c1-8-16(13,14)10-6-3-9-11(4-6)5-7(12)15-2/h3-4,8,10H,5H2,1-2H3. The van der Waals surface area contributed by atoms with Crippen molar-refractivity contribution in [3.8, 4) is 0 Å². The van der Waals surface area contributed by atoms with E-state index in [9.17, 15) is 13.2 Å². The Labute approximate surface area is 92.8 Å². The van der Waals surface area contributed by atoms with Crippen molar-refractivity contribution < 1.29 is 17.9 Å². The van der Waals surface area contributed by atoms with Gasteiger partial charge in [-0.1, -0.05) is 0 Å². The zero-order valence-corrected chi connectivity index (χ0v) is 9.61. The van der Waals surface area contributed by atoms with E-state index in [2.05, 4.69) is 19.3 Å². The van der Waals surface area contributed by atoms with Crippen molar-refractivity contribution in [1.29, 1.82) is 0 Å². The van der Waals surface area contributed by atoms with Crippen LogP contribution in [0.1, 0.15) is 0 Å². The molecule has 0 aliphatic rings. The topological polar surface area (TPSA) is 102 Å². The molecule has 90 valence electrons. The van der Waals surface area contributed by atoms with Gasteiger partial charge in [-0.05, 0) is 0 Å². The number of hydrogen-bond acceptors (Lipinski definition) is 5. The smallest absolute Gasteiger partial charge is 0.327 e. The van der Waals surface area contributed by atoms with E-state index in [1.54, 1.807) is 0 Å². The number of aromatic nitrogens is 2. The number of carbonyl (C=O) groups is 1. The number of carbonyl (C=O) groups excluding carboxylic acids is 1. The molecule has 0 aliphatic carbocycles. The molecule has 0 aromatic carbocycles. The Balaban J connectivity index is 2.69. The van der Waals surface area contributed by atoms with E-state index >= 15 is 0 Å². The zero-order valence-electron chi connectivity index (χ0n) is 8.80. The van der Waals surface area contributed by atoms with Crippen molar-refractivity contribution in [2.45, 2.75) is 6.54 Å². The van der Waals surface area contributed by atoms with E-state index in [4.69, 9.17) is 0 Å². The average Bonchev–Trinajstić information content (AvgIpc) is 2.64. The maximum atomic E-state index is 11.1. The maximum Gasteiger partial charge on any atom is 0.327 e. The van der Waals surface area contributed by atoms with Gasteiger partial charge < -0.3 is 4.74 Å². The molecule has 1 aromatic rings. The van der Waals surface area contributed by atoms with E-state index < -0.39 is 16.2 Å². The summed E-state index contributed by atoms with van der Waals surface area (Å²) in [5.41, 5.74) is 0.262. The molecule has 0 amide bonds. The minimum atomic E-state index is -3.56. The highest BCUT2D eigenvalue weighted by molar-refractivity contribution is 7.90. The van der Waals surface area contributed by atoms with Crippen LogP contribution < -0.4 is 9.44 Å². The summed E-state index contributed by atoms with van der Waals surface area (Å²) in [6.45, 7) is -0.0716. The van der Waals surface area contributed by atoms with Crippen LogP contribution in [0.5, 0.6) is 0 Å². The minimum absolute atomic E-state index is 0.0716. The summed E-state index contributed by atoms with van der Waals surface area (Å²) in [6, 6.07) is 0. The summed E-state index contributed by atoms with van der Waals surface area (Å²) in [7, 11) is -1.02. The van der Waals surface area contributed by atoms with Gasteiger partial charge in [0.05, 0.1) is 19.0 Å². The van der Waals surface area contributed by atoms with Crippen LogP contribution in [0.15, 0.2) is 12.4 Å². The van der Waals surface area contributed by atoms with Crippen molar-refractivity contribution in [1.82, 2.24) is 14.5 Å². The molecule has 0 unspecified atom stereocenters. The van der Waals surface area contributed by atoms with Crippen LogP contribution in [0, 0.1) is 0 Å². The monoisotopic (exact) mass is 248 g/mol. The van der Waals surface area contributed by atoms with Gasteiger partial charge in [-0.2, -0.15) is 13.5 Å². The van der Waals surface area contributed by atoms with Crippen molar-refractivity contribution in [3.63, 3.8) is 0 Å². The number of anilines is 1. The van der Waals surface area contributed by atoms with Gasteiger partial charge in [-0.15, -0.1) is 0 Å². The number of nitrogens with zero attached hydrogens (tertiary/aromatic N) is 2. The number of nitrogens with one attached hydrogen (secondary N) is 2. The highest BCUT2D eigenvalue weighted by atomic mass is 32.2. The SMILES string of the molecule is CNS(=O)(=O)Nc1cnn(CC(=O)OC)c1. The van der Waals surface area contributed by atoms with Gasteiger partial charge in [0.2, 0.25) is 0 Å². The van der Waals surface area contributed by atoms with Crippen molar-refractivity contribution in [2.24, 2.45) is 0 Å². The predicted molar refractivity (Wildman–Crippen MR) is 55.8 cm³/mol. The van der Waals surface area contributed by atoms with Crippen molar-refractivity contribution in [3.05, 3.63) is 12.4 Å². The molecule has 0 fully saturated rings. The molecule has 0 radical (unpaired) electrons. The van der Waals surface area contributed by atoms with Crippen LogP contribution in [-0.4, -0.2) is 38.3 Å². The molecule has 8 nitrogen and oxygen atoms in total. The van der Waals surface area contributed by atoms with Gasteiger partial charge in [0.15, 0.2) is 0 Å². The van der Waals surface area contributed by atoms with Gasteiger partial charge in [0, 0.05) is 13.2 Å². The molecule has 0 atom stereocenters. The zero-order chi connectivity index (χ0) is 12.2. The van der Waals surface area contributed by atoms with Crippen LogP contribution in [0.3, 0.4) is 0 Å². The Morgan fingerprint density at radius 1 is 1.62 bits per heavy atom. The van der Waals surface area contributed by atoms with Crippen molar-refractivity contribution >= 4 is 21.9 Å². The Bertz CT molecular complexity index is 466. The molecule has 0 spiro atoms. The lowest BCUT2D eigenvalue weighted by molar-refractivity contribution is -0.141. The van der Waals surface area contributed by atoms with Crippen LogP contribution in [0.25, 0.3) is 0 Å². The molecule has 9 heteroatoms.